The van der Waals surface area contributed by atoms with E-state index < -0.39 is 53.2 Å². The first-order valence-corrected chi connectivity index (χ1v) is 15.2. The third-order valence-electron chi connectivity index (χ3n) is 8.54. The fourth-order valence-corrected chi connectivity index (χ4v) is 6.24. The van der Waals surface area contributed by atoms with E-state index in [9.17, 15) is 28.8 Å². The third-order valence-corrected chi connectivity index (χ3v) is 8.54. The molecule has 0 bridgehead atoms. The van der Waals surface area contributed by atoms with Crippen molar-refractivity contribution >= 4 is 35.4 Å². The number of nitrogens with one attached hydrogen (secondary N) is 4. The van der Waals surface area contributed by atoms with E-state index in [4.69, 9.17) is 5.73 Å². The Labute approximate surface area is 252 Å². The molecule has 2 aliphatic carbocycles. The van der Waals surface area contributed by atoms with Crippen molar-refractivity contribution in [1.29, 1.82) is 0 Å². The maximum absolute atomic E-state index is 14.1. The largest absolute Gasteiger partial charge is 0.363 e. The van der Waals surface area contributed by atoms with E-state index in [-0.39, 0.29) is 24.3 Å². The highest BCUT2D eigenvalue weighted by Gasteiger charge is 2.43. The van der Waals surface area contributed by atoms with E-state index >= 15 is 0 Å². The molecule has 0 aromatic heterocycles. The van der Waals surface area contributed by atoms with E-state index in [1.807, 2.05) is 45.0 Å². The molecule has 12 nitrogen and oxygen atoms in total. The Bertz CT molecular complexity index is 1230. The number of benzene rings is 1. The summed E-state index contributed by atoms with van der Waals surface area (Å²) in [5.74, 6) is -3.24. The van der Waals surface area contributed by atoms with Gasteiger partial charge in [0, 0.05) is 12.1 Å². The first-order chi connectivity index (χ1) is 20.3. The Morgan fingerprint density at radius 3 is 2.16 bits per heavy atom. The van der Waals surface area contributed by atoms with Gasteiger partial charge in [0.15, 0.2) is 0 Å². The number of primary amides is 1. The number of likely N-dealkylation sites (tertiary alicyclic amines) is 1. The molecule has 0 spiro atoms. The molecule has 1 aromatic carbocycles. The standard InChI is InChI=1S/C31H44N6O6/c1-31(2,3)36-24(38)17-33-30(43)35-25(21-15-19-10-4-5-11-20(19)16-21)29(42)37-13-7-12-23(37)28(41)34-22(26(39)27(32)40)14-18-8-6-9-18/h4-5,10-11,18,21-23,25H,6-9,12-17H2,1-3H3,(H2,32,40)(H,34,41)(H,36,38)(H2,33,35,43)/t22?,23-,25?/m0/s1. The molecule has 1 aromatic rings. The van der Waals surface area contributed by atoms with Crippen LogP contribution in [0.4, 0.5) is 4.79 Å². The number of nitrogens with zero attached hydrogens (tertiary/aromatic N) is 1. The number of carbonyl (C=O) groups excluding carboxylic acids is 6. The zero-order chi connectivity index (χ0) is 31.3. The van der Waals surface area contributed by atoms with Crippen molar-refractivity contribution in [1.82, 2.24) is 26.2 Å². The SMILES string of the molecule is CC(C)(C)NC(=O)CNC(=O)NC(C(=O)N1CCC[C@H]1C(=O)NC(CC1CCC1)C(=O)C(N)=O)C1Cc2ccccc2C1. The molecule has 6 N–H and O–H groups in total. The lowest BCUT2D eigenvalue weighted by atomic mass is 9.80. The summed E-state index contributed by atoms with van der Waals surface area (Å²) in [5, 5.41) is 10.8. The van der Waals surface area contributed by atoms with Gasteiger partial charge in [-0.2, -0.15) is 0 Å². The Kier molecular flexibility index (Phi) is 10.1. The molecule has 1 aliphatic heterocycles. The predicted octanol–water partition coefficient (Wildman–Crippen LogP) is 0.704. The predicted molar refractivity (Wildman–Crippen MR) is 158 cm³/mol. The van der Waals surface area contributed by atoms with Crippen LogP contribution in [0.25, 0.3) is 0 Å². The van der Waals surface area contributed by atoms with Crippen molar-refractivity contribution in [2.75, 3.05) is 13.1 Å². The zero-order valence-electron chi connectivity index (χ0n) is 25.2. The molecule has 4 rings (SSSR count). The van der Waals surface area contributed by atoms with Crippen molar-refractivity contribution in [2.24, 2.45) is 17.6 Å². The number of hydrogen-bond donors (Lipinski definition) is 5. The van der Waals surface area contributed by atoms with Gasteiger partial charge in [0.25, 0.3) is 5.91 Å². The Morgan fingerprint density at radius 2 is 1.60 bits per heavy atom. The van der Waals surface area contributed by atoms with Crippen molar-refractivity contribution in [3.63, 3.8) is 0 Å². The molecule has 6 amide bonds. The monoisotopic (exact) mass is 596 g/mol. The number of hydrogen-bond acceptors (Lipinski definition) is 6. The van der Waals surface area contributed by atoms with Gasteiger partial charge in [-0.3, -0.25) is 24.0 Å². The number of carbonyl (C=O) groups is 6. The lowest BCUT2D eigenvalue weighted by Gasteiger charge is -2.33. The summed E-state index contributed by atoms with van der Waals surface area (Å²) in [6.45, 7) is 5.54. The molecule has 2 unspecified atom stereocenters. The summed E-state index contributed by atoms with van der Waals surface area (Å²) < 4.78 is 0. The van der Waals surface area contributed by atoms with Crippen LogP contribution >= 0.6 is 0 Å². The number of fused-ring (bicyclic) bond motifs is 1. The van der Waals surface area contributed by atoms with Gasteiger partial charge in [-0.25, -0.2) is 4.79 Å². The minimum atomic E-state index is -1.10. The minimum absolute atomic E-state index is 0.233. The second kappa shape index (κ2) is 13.6. The molecular weight excluding hydrogens is 552 g/mol. The van der Waals surface area contributed by atoms with Crippen LogP contribution in [0.15, 0.2) is 24.3 Å². The van der Waals surface area contributed by atoms with Crippen LogP contribution in [0.1, 0.15) is 70.4 Å². The van der Waals surface area contributed by atoms with Crippen molar-refractivity contribution in [2.45, 2.75) is 95.8 Å². The lowest BCUT2D eigenvalue weighted by Crippen LogP contribution is -2.59. The molecule has 43 heavy (non-hydrogen) atoms. The highest BCUT2D eigenvalue weighted by atomic mass is 16.2. The van der Waals surface area contributed by atoms with Crippen LogP contribution in [-0.2, 0) is 36.8 Å². The molecule has 3 atom stereocenters. The van der Waals surface area contributed by atoms with Gasteiger partial charge in [0.05, 0.1) is 12.6 Å². The minimum Gasteiger partial charge on any atom is -0.363 e. The first kappa shape index (κ1) is 32.0. The van der Waals surface area contributed by atoms with Gasteiger partial charge in [-0.15, -0.1) is 0 Å². The molecule has 1 heterocycles. The van der Waals surface area contributed by atoms with Gasteiger partial charge >= 0.3 is 6.03 Å². The number of Topliss-reactive ketones (excluding diaryl/α,β-unsaturated/α-hetero) is 1. The van der Waals surface area contributed by atoms with Crippen molar-refractivity contribution in [3.05, 3.63) is 35.4 Å². The maximum atomic E-state index is 14.1. The van der Waals surface area contributed by atoms with Gasteiger partial charge in [0.2, 0.25) is 23.5 Å². The molecule has 3 aliphatic rings. The molecule has 12 heteroatoms. The van der Waals surface area contributed by atoms with Crippen LogP contribution in [0.5, 0.6) is 0 Å². The third kappa shape index (κ3) is 8.32. The summed E-state index contributed by atoms with van der Waals surface area (Å²) in [5.41, 5.74) is 6.99. The van der Waals surface area contributed by atoms with Crippen LogP contribution in [0, 0.1) is 11.8 Å². The van der Waals surface area contributed by atoms with Gasteiger partial charge in [-0.1, -0.05) is 43.5 Å². The summed E-state index contributed by atoms with van der Waals surface area (Å²) >= 11 is 0. The number of nitrogens with two attached hydrogens (primary N) is 1. The molecule has 234 valence electrons. The summed E-state index contributed by atoms with van der Waals surface area (Å²) in [4.78, 5) is 78.5. The van der Waals surface area contributed by atoms with E-state index in [1.165, 1.54) is 4.90 Å². The zero-order valence-corrected chi connectivity index (χ0v) is 25.2. The van der Waals surface area contributed by atoms with Crippen LogP contribution in [0.2, 0.25) is 0 Å². The van der Waals surface area contributed by atoms with Crippen LogP contribution < -0.4 is 27.0 Å². The van der Waals surface area contributed by atoms with Crippen LogP contribution in [-0.4, -0.2) is 77.1 Å². The average molecular weight is 597 g/mol. The topological polar surface area (TPSA) is 180 Å². The Morgan fingerprint density at radius 1 is 0.953 bits per heavy atom. The van der Waals surface area contributed by atoms with Gasteiger partial charge in [-0.05, 0) is 75.8 Å². The molecule has 1 saturated heterocycles. The van der Waals surface area contributed by atoms with Gasteiger partial charge < -0.3 is 31.9 Å². The van der Waals surface area contributed by atoms with E-state index in [0.29, 0.717) is 38.6 Å². The summed E-state index contributed by atoms with van der Waals surface area (Å²) in [6.07, 6.45) is 5.30. The first-order valence-electron chi connectivity index (χ1n) is 15.2. The molecule has 2 fully saturated rings. The van der Waals surface area contributed by atoms with E-state index in [1.54, 1.807) is 0 Å². The number of urea groups is 1. The Balaban J connectivity index is 1.47. The highest BCUT2D eigenvalue weighted by molar-refractivity contribution is 6.37. The lowest BCUT2D eigenvalue weighted by molar-refractivity contribution is -0.143. The number of rotatable bonds is 11. The van der Waals surface area contributed by atoms with E-state index in [0.717, 1.165) is 30.4 Å². The second-order valence-corrected chi connectivity index (χ2v) is 13.1. The Hall–Kier alpha value is -3.96. The normalized spacial score (nSPS) is 19.9. The molecular formula is C31H44N6O6. The highest BCUT2D eigenvalue weighted by Crippen LogP contribution is 2.32. The van der Waals surface area contributed by atoms with Crippen molar-refractivity contribution < 1.29 is 28.8 Å². The smallest absolute Gasteiger partial charge is 0.315 e. The van der Waals surface area contributed by atoms with Crippen LogP contribution in [0.3, 0.4) is 0 Å². The average Bonchev–Trinajstić information content (AvgIpc) is 3.57. The summed E-state index contributed by atoms with van der Waals surface area (Å²) in [6, 6.07) is 4.36. The second-order valence-electron chi connectivity index (χ2n) is 13.1. The molecule has 0 radical (unpaired) electrons. The number of ketones is 1. The summed E-state index contributed by atoms with van der Waals surface area (Å²) in [7, 11) is 0. The van der Waals surface area contributed by atoms with E-state index in [2.05, 4.69) is 21.3 Å². The fraction of sp³-hybridized carbons (Fsp3) is 0.613. The van der Waals surface area contributed by atoms with Crippen molar-refractivity contribution in [3.8, 4) is 0 Å². The quantitative estimate of drug-likeness (QED) is 0.235. The maximum Gasteiger partial charge on any atom is 0.315 e. The number of amides is 6. The van der Waals surface area contributed by atoms with Gasteiger partial charge in [0.1, 0.15) is 12.1 Å². The molecule has 1 saturated carbocycles. The fourth-order valence-electron chi connectivity index (χ4n) is 6.24.